The Morgan fingerprint density at radius 2 is 2.11 bits per heavy atom. The van der Waals surface area contributed by atoms with Crippen LogP contribution in [0.5, 0.6) is 5.75 Å². The zero-order valence-electron chi connectivity index (χ0n) is 10.6. The molecule has 0 saturated heterocycles. The van der Waals surface area contributed by atoms with Gasteiger partial charge in [-0.05, 0) is 13.0 Å². The van der Waals surface area contributed by atoms with E-state index >= 15 is 0 Å². The molecule has 0 aliphatic rings. The van der Waals surface area contributed by atoms with Gasteiger partial charge in [0.2, 0.25) is 0 Å². The minimum atomic E-state index is -1.02. The maximum absolute atomic E-state index is 10.9. The second-order valence-corrected chi connectivity index (χ2v) is 4.04. The highest BCUT2D eigenvalue weighted by Crippen LogP contribution is 2.32. The third-order valence-electron chi connectivity index (χ3n) is 2.59. The normalized spacial score (nSPS) is 12.2. The van der Waals surface area contributed by atoms with Crippen LogP contribution in [0, 0.1) is 10.1 Å². The van der Waals surface area contributed by atoms with Crippen LogP contribution in [-0.4, -0.2) is 33.5 Å². The van der Waals surface area contributed by atoms with Gasteiger partial charge in [0.15, 0.2) is 0 Å². The lowest BCUT2D eigenvalue weighted by Gasteiger charge is -2.13. The largest absolute Gasteiger partial charge is 0.493 e. The highest BCUT2D eigenvalue weighted by atomic mass is 16.6. The smallest absolute Gasteiger partial charge is 0.278 e. The summed E-state index contributed by atoms with van der Waals surface area (Å²) >= 11 is 0. The summed E-state index contributed by atoms with van der Waals surface area (Å²) in [4.78, 5) is 10.3. The molecule has 3 N–H and O–H groups in total. The second-order valence-electron chi connectivity index (χ2n) is 4.04. The summed E-state index contributed by atoms with van der Waals surface area (Å²) in [6, 6.07) is 2.54. The van der Waals surface area contributed by atoms with E-state index in [0.29, 0.717) is 12.0 Å². The van der Waals surface area contributed by atoms with Gasteiger partial charge in [0.25, 0.3) is 5.69 Å². The van der Waals surface area contributed by atoms with Crippen molar-refractivity contribution >= 4 is 5.69 Å². The summed E-state index contributed by atoms with van der Waals surface area (Å²) in [7, 11) is 0. The van der Waals surface area contributed by atoms with Crippen molar-refractivity contribution in [3.8, 4) is 5.75 Å². The fourth-order valence-electron chi connectivity index (χ4n) is 1.63. The van der Waals surface area contributed by atoms with Gasteiger partial charge in [-0.3, -0.25) is 10.1 Å². The molecule has 0 amide bonds. The van der Waals surface area contributed by atoms with Crippen LogP contribution in [0.15, 0.2) is 12.1 Å². The first-order valence-corrected chi connectivity index (χ1v) is 5.85. The Balaban J connectivity index is 3.16. The molecule has 0 fully saturated rings. The fraction of sp³-hybridized carbons (Fsp3) is 0.500. The first-order chi connectivity index (χ1) is 9.01. The Morgan fingerprint density at radius 1 is 1.42 bits per heavy atom. The molecular weight excluding hydrogens is 254 g/mol. The van der Waals surface area contributed by atoms with Crippen molar-refractivity contribution in [3.05, 3.63) is 33.4 Å². The van der Waals surface area contributed by atoms with Crippen molar-refractivity contribution in [2.45, 2.75) is 26.1 Å². The topological polar surface area (TPSA) is 113 Å². The number of nitro groups is 1. The van der Waals surface area contributed by atoms with Crippen molar-refractivity contribution < 1.29 is 25.0 Å². The fourth-order valence-corrected chi connectivity index (χ4v) is 1.63. The van der Waals surface area contributed by atoms with Crippen LogP contribution in [0.4, 0.5) is 5.69 Å². The summed E-state index contributed by atoms with van der Waals surface area (Å²) < 4.78 is 5.29. The molecule has 7 nitrogen and oxygen atoms in total. The SMILES string of the molecule is CC(O)c1cc(CO)c(OCCCO)cc1[N+](=O)[O-]. The van der Waals surface area contributed by atoms with E-state index in [1.807, 2.05) is 0 Å². The minimum Gasteiger partial charge on any atom is -0.493 e. The van der Waals surface area contributed by atoms with Gasteiger partial charge in [0.1, 0.15) is 5.75 Å². The van der Waals surface area contributed by atoms with E-state index in [0.717, 1.165) is 0 Å². The Hall–Kier alpha value is -1.70. The predicted octanol–water partition coefficient (Wildman–Crippen LogP) is 0.902. The maximum Gasteiger partial charge on any atom is 0.278 e. The van der Waals surface area contributed by atoms with Crippen molar-refractivity contribution in [2.75, 3.05) is 13.2 Å². The molecule has 0 aromatic heterocycles. The number of rotatable bonds is 7. The van der Waals surface area contributed by atoms with Crippen LogP contribution in [0.3, 0.4) is 0 Å². The van der Waals surface area contributed by atoms with Gasteiger partial charge in [-0.15, -0.1) is 0 Å². The first-order valence-electron chi connectivity index (χ1n) is 5.85. The van der Waals surface area contributed by atoms with Crippen LogP contribution in [0.1, 0.15) is 30.6 Å². The highest BCUT2D eigenvalue weighted by Gasteiger charge is 2.21. The summed E-state index contributed by atoms with van der Waals surface area (Å²) in [6.45, 7) is 1.19. The maximum atomic E-state index is 10.9. The zero-order chi connectivity index (χ0) is 14.4. The van der Waals surface area contributed by atoms with Gasteiger partial charge in [0, 0.05) is 18.6 Å². The lowest BCUT2D eigenvalue weighted by molar-refractivity contribution is -0.386. The Morgan fingerprint density at radius 3 is 2.58 bits per heavy atom. The van der Waals surface area contributed by atoms with Gasteiger partial charge in [-0.1, -0.05) is 0 Å². The molecule has 1 atom stereocenters. The molecule has 106 valence electrons. The highest BCUT2D eigenvalue weighted by molar-refractivity contribution is 5.51. The number of hydrogen-bond donors (Lipinski definition) is 3. The zero-order valence-corrected chi connectivity index (χ0v) is 10.6. The van der Waals surface area contributed by atoms with Crippen LogP contribution in [0.2, 0.25) is 0 Å². The number of aliphatic hydroxyl groups is 3. The molecule has 1 unspecified atom stereocenters. The number of ether oxygens (including phenoxy) is 1. The summed E-state index contributed by atoms with van der Waals surface area (Å²) in [5.74, 6) is 0.187. The molecule has 0 aliphatic carbocycles. The molecule has 1 aromatic rings. The van der Waals surface area contributed by atoms with Crippen molar-refractivity contribution in [1.82, 2.24) is 0 Å². The molecule has 7 heteroatoms. The number of benzene rings is 1. The molecule has 0 spiro atoms. The summed E-state index contributed by atoms with van der Waals surface area (Å²) in [5.41, 5.74) is 0.231. The molecule has 19 heavy (non-hydrogen) atoms. The Bertz CT molecular complexity index is 446. The van der Waals surface area contributed by atoms with Crippen LogP contribution in [-0.2, 0) is 6.61 Å². The van der Waals surface area contributed by atoms with E-state index < -0.39 is 11.0 Å². The lowest BCUT2D eigenvalue weighted by atomic mass is 10.0. The third kappa shape index (κ3) is 3.88. The van der Waals surface area contributed by atoms with Crippen LogP contribution >= 0.6 is 0 Å². The number of hydrogen-bond acceptors (Lipinski definition) is 6. The van der Waals surface area contributed by atoms with Gasteiger partial charge >= 0.3 is 0 Å². The van der Waals surface area contributed by atoms with Gasteiger partial charge in [0.05, 0.1) is 35.9 Å². The second kappa shape index (κ2) is 7.03. The van der Waals surface area contributed by atoms with E-state index in [1.54, 1.807) is 0 Å². The van der Waals surface area contributed by atoms with Crippen molar-refractivity contribution in [3.63, 3.8) is 0 Å². The van der Waals surface area contributed by atoms with E-state index in [-0.39, 0.29) is 36.8 Å². The van der Waals surface area contributed by atoms with Gasteiger partial charge in [-0.25, -0.2) is 0 Å². The van der Waals surface area contributed by atoms with E-state index in [4.69, 9.17) is 9.84 Å². The van der Waals surface area contributed by atoms with Crippen LogP contribution in [0.25, 0.3) is 0 Å². The quantitative estimate of drug-likeness (QED) is 0.386. The summed E-state index contributed by atoms with van der Waals surface area (Å²) in [6.07, 6.45) is -0.631. The molecule has 0 aliphatic heterocycles. The average molecular weight is 271 g/mol. The first kappa shape index (κ1) is 15.4. The predicted molar refractivity (Wildman–Crippen MR) is 66.9 cm³/mol. The monoisotopic (exact) mass is 271 g/mol. The van der Waals surface area contributed by atoms with Crippen molar-refractivity contribution in [1.29, 1.82) is 0 Å². The van der Waals surface area contributed by atoms with Gasteiger partial charge < -0.3 is 20.1 Å². The number of nitro benzene ring substituents is 1. The Kier molecular flexibility index (Phi) is 5.68. The summed E-state index contributed by atoms with van der Waals surface area (Å²) in [5, 5.41) is 38.4. The van der Waals surface area contributed by atoms with Crippen molar-refractivity contribution in [2.24, 2.45) is 0 Å². The Labute approximate surface area is 110 Å². The molecule has 1 aromatic carbocycles. The van der Waals surface area contributed by atoms with Gasteiger partial charge in [-0.2, -0.15) is 0 Å². The van der Waals surface area contributed by atoms with E-state index in [2.05, 4.69) is 0 Å². The molecule has 0 bridgehead atoms. The minimum absolute atomic E-state index is 0.0533. The lowest BCUT2D eigenvalue weighted by Crippen LogP contribution is -2.06. The average Bonchev–Trinajstić information content (AvgIpc) is 2.38. The molecular formula is C12H17NO6. The number of aliphatic hydroxyl groups excluding tert-OH is 3. The standard InChI is InChI=1S/C12H17NO6/c1-8(16)10-5-9(7-15)12(19-4-2-3-14)6-11(10)13(17)18/h5-6,8,14-16H,2-4,7H2,1H3. The van der Waals surface area contributed by atoms with Crippen LogP contribution < -0.4 is 4.74 Å². The molecule has 1 rings (SSSR count). The molecule has 0 saturated carbocycles. The van der Waals surface area contributed by atoms with E-state index in [9.17, 15) is 20.3 Å². The molecule has 0 heterocycles. The van der Waals surface area contributed by atoms with E-state index in [1.165, 1.54) is 19.1 Å². The third-order valence-corrected chi connectivity index (χ3v) is 2.59. The molecule has 0 radical (unpaired) electrons. The number of nitrogens with zero attached hydrogens (tertiary/aromatic N) is 1.